The van der Waals surface area contributed by atoms with Crippen molar-refractivity contribution in [1.82, 2.24) is 0 Å². The van der Waals surface area contributed by atoms with E-state index in [1.54, 1.807) is 0 Å². The van der Waals surface area contributed by atoms with E-state index in [0.717, 1.165) is 0 Å². The minimum Gasteiger partial charge on any atom is -0.455 e. The minimum absolute atomic E-state index is 0.399. The molecule has 0 saturated carbocycles. The summed E-state index contributed by atoms with van der Waals surface area (Å²) in [6.07, 6.45) is 0. The van der Waals surface area contributed by atoms with Crippen LogP contribution in [0.15, 0.2) is 371 Å². The fraction of sp³-hybridized carbons (Fsp3) is 0. The maximum atomic E-state index is 9.83. The van der Waals surface area contributed by atoms with Gasteiger partial charge in [-0.15, -0.1) is 0 Å². The zero-order chi connectivity index (χ0) is 119. The molecule has 0 bridgehead atoms. The molecule has 0 radical (unpaired) electrons. The average Bonchev–Trinajstić information content (AvgIpc) is 1.11. The second-order valence-corrected chi connectivity index (χ2v) is 22.5. The number of furan rings is 2. The molecular weight excluding hydrogens is 1230 g/mol. The van der Waals surface area contributed by atoms with Crippen molar-refractivity contribution in [3.63, 3.8) is 0 Å². The summed E-state index contributed by atoms with van der Waals surface area (Å²) in [5.74, 6) is 0. The van der Waals surface area contributed by atoms with Crippen LogP contribution in [0.5, 0.6) is 0 Å². The van der Waals surface area contributed by atoms with Crippen molar-refractivity contribution in [2.75, 3.05) is 0 Å². The summed E-state index contributed by atoms with van der Waals surface area (Å²) in [5.41, 5.74) is -11.9. The quantitative estimate of drug-likeness (QED) is 0.123. The highest BCUT2D eigenvalue weighted by Crippen LogP contribution is 2.49. The van der Waals surface area contributed by atoms with Gasteiger partial charge in [0.2, 0.25) is 0 Å². The first-order valence-corrected chi connectivity index (χ1v) is 30.3. The Morgan fingerprint density at radius 3 is 0.902 bits per heavy atom. The van der Waals surface area contributed by atoms with Gasteiger partial charge in [-0.1, -0.05) is 314 Å². The summed E-state index contributed by atoms with van der Waals surface area (Å²) in [6, 6.07) is -55.7. The van der Waals surface area contributed by atoms with Crippen LogP contribution < -0.4 is 0 Å². The zero-order valence-electron chi connectivity index (χ0n) is 111. The molecule has 22 aromatic rings. The van der Waals surface area contributed by atoms with Gasteiger partial charge in [0.15, 0.2) is 0 Å². The molecule has 0 saturated heterocycles. The van der Waals surface area contributed by atoms with Gasteiger partial charge >= 0.3 is 0 Å². The van der Waals surface area contributed by atoms with Crippen LogP contribution in [-0.4, -0.2) is 0 Å². The third-order valence-electron chi connectivity index (χ3n) is 17.1. The Morgan fingerprint density at radius 1 is 0.157 bits per heavy atom. The van der Waals surface area contributed by atoms with E-state index < -0.39 is 581 Å². The van der Waals surface area contributed by atoms with Gasteiger partial charge in [-0.05, 0) is 212 Å². The van der Waals surface area contributed by atoms with Gasteiger partial charge in [0.25, 0.3) is 0 Å². The molecule has 0 amide bonds. The van der Waals surface area contributed by atoms with E-state index in [0.29, 0.717) is 0 Å². The molecule has 472 valence electrons. The molecule has 0 aliphatic rings. The smallest absolute Gasteiger partial charge is 0.143 e. The predicted molar refractivity (Wildman–Crippen MR) is 435 cm³/mol. The standard InChI is InChI=1S/2C50H30O/c1-4-14-37-32(11-1)25-27-44-45-29-34(26-28-47(45)51-50(37)44)31-21-23-33(24-22-31)48-40-17-7-9-19-42(40)49(43-20-10-8-18-41(43)48)46-30-35-12-2-3-13-36(35)38-15-5-6-16-39(38)46;1-3-11-38-32(9-1)19-22-36-29-37(24-26-39(36)38)49-43-15-7-5-13-41(43)48(42-14-6-8-16-44(42)49)34-20-17-31(18-21-34)35-25-28-47-46(30-35)45-27-23-33-10-2-4-12-40(33)50(45)51-47/h2*1-30H/i2*1D,2D,3D,4D,5D,6D,7D,8D,9D,10D,11D,12D,13D,14D,15D,16D,17D,18D,19D,20D,21D,22D,23D,24D,25D,26D,27D,28D,29D,30D. The zero-order valence-corrected chi connectivity index (χ0v) is 50.8. The van der Waals surface area contributed by atoms with Gasteiger partial charge in [0.1, 0.15) is 22.3 Å². The number of hydrogen-bond donors (Lipinski definition) is 0. The summed E-state index contributed by atoms with van der Waals surface area (Å²) < 4.78 is 556. The number of hydrogen-bond acceptors (Lipinski definition) is 2. The molecule has 2 aromatic heterocycles. The van der Waals surface area contributed by atoms with Crippen LogP contribution in [0.25, 0.3) is 218 Å². The van der Waals surface area contributed by atoms with Crippen molar-refractivity contribution in [2.24, 2.45) is 0 Å². The van der Waals surface area contributed by atoms with Gasteiger partial charge in [-0.3, -0.25) is 0 Å². The lowest BCUT2D eigenvalue weighted by Gasteiger charge is -2.19. The first kappa shape index (κ1) is 23.9. The van der Waals surface area contributed by atoms with Crippen LogP contribution >= 0.6 is 0 Å². The summed E-state index contributed by atoms with van der Waals surface area (Å²) in [7, 11) is 0. The van der Waals surface area contributed by atoms with Crippen molar-refractivity contribution >= 4 is 152 Å². The molecule has 0 aliphatic carbocycles. The predicted octanol–water partition coefficient (Wildman–Crippen LogP) is 28.7. The van der Waals surface area contributed by atoms with E-state index in [4.69, 9.17) is 58.2 Å². The lowest BCUT2D eigenvalue weighted by molar-refractivity contribution is 0.672. The van der Waals surface area contributed by atoms with Crippen molar-refractivity contribution < 1.29 is 91.1 Å². The SMILES string of the molecule is [2H]c1c([2H])c(-c2c3c([2H])c([2H])c([2H])c([2H])c3c(-c3c([2H])c([2H])c4c(c3[2H])c([2H])c([2H])c3c([2H])c([2H])c([2H])c([2H])c34)c3c([2H])c([2H])c([2H])c([2H])c23)c([2H])c([2H])c1-c1c([2H])c([2H])c2oc3c4c([2H])c([2H])c([2H])c([2H])c4c([2H])c([2H])c3c2c1[2H].[2H]c1c([2H])c(-c2c3c([2H])c([2H])c([2H])c([2H])c3c(-c3c([2H])c4c([2H])c([2H])c([2H])c([2H])c4c4c([2H])c([2H])c([2H])c([2H])c34)c3c([2H])c([2H])c([2H])c([2H])c23)c([2H])c([2H])c1-c1c([2H])c([2H])c2oc3c4c([2H])c([2H])c([2H])c([2H])c4c([2H])c([2H])c3c2c1[2H]. The highest BCUT2D eigenvalue weighted by atomic mass is 16.3. The fourth-order valence-electron chi connectivity index (χ4n) is 12.6. The largest absolute Gasteiger partial charge is 0.455 e. The van der Waals surface area contributed by atoms with E-state index in [1.165, 1.54) is 0 Å². The van der Waals surface area contributed by atoms with Crippen LogP contribution in [0.3, 0.4) is 0 Å². The summed E-state index contributed by atoms with van der Waals surface area (Å²) >= 11 is 0. The van der Waals surface area contributed by atoms with E-state index in [2.05, 4.69) is 0 Å². The van der Waals surface area contributed by atoms with Gasteiger partial charge in [-0.25, -0.2) is 0 Å². The molecule has 0 spiro atoms. The summed E-state index contributed by atoms with van der Waals surface area (Å²) in [6.45, 7) is 0. The van der Waals surface area contributed by atoms with Crippen LogP contribution in [0, 0.1) is 0 Å². The molecule has 20 aromatic carbocycles. The normalized spacial score (nSPS) is 20.2. The molecule has 2 heterocycles. The lowest BCUT2D eigenvalue weighted by Crippen LogP contribution is -1.92. The van der Waals surface area contributed by atoms with Crippen LogP contribution in [0.2, 0.25) is 0 Å². The highest BCUT2D eigenvalue weighted by Gasteiger charge is 2.22. The first-order valence-electron chi connectivity index (χ1n) is 60.3. The second kappa shape index (κ2) is 23.1. The van der Waals surface area contributed by atoms with Crippen LogP contribution in [-0.2, 0) is 0 Å². The average molecular weight is 1350 g/mol. The van der Waals surface area contributed by atoms with E-state index >= 15 is 0 Å². The Kier molecular flexibility index (Phi) is 5.42. The third-order valence-corrected chi connectivity index (χ3v) is 17.1. The maximum absolute atomic E-state index is 9.83. The van der Waals surface area contributed by atoms with Crippen molar-refractivity contribution in [3.8, 4) is 66.8 Å². The molecule has 2 nitrogen and oxygen atoms in total. The number of benzene rings is 20. The molecule has 2 heteroatoms. The fourth-order valence-corrected chi connectivity index (χ4v) is 12.6. The summed E-state index contributed by atoms with van der Waals surface area (Å²) in [5, 5.41) is -14.6. The Morgan fingerprint density at radius 2 is 0.441 bits per heavy atom. The number of fused-ring (bicyclic) bond motifs is 20. The highest BCUT2D eigenvalue weighted by molar-refractivity contribution is 6.27. The molecular formula is C100H60O2. The molecule has 0 unspecified atom stereocenters. The van der Waals surface area contributed by atoms with Crippen LogP contribution in [0.1, 0.15) is 82.2 Å². The van der Waals surface area contributed by atoms with E-state index in [-0.39, 0.29) is 0 Å². The minimum atomic E-state index is -1.14. The van der Waals surface area contributed by atoms with Crippen molar-refractivity contribution in [1.29, 1.82) is 0 Å². The van der Waals surface area contributed by atoms with Crippen molar-refractivity contribution in [2.45, 2.75) is 0 Å². The monoisotopic (exact) mass is 1350 g/mol. The van der Waals surface area contributed by atoms with Gasteiger partial charge in [-0.2, -0.15) is 0 Å². The Balaban J connectivity index is 0.000000186. The molecule has 0 aliphatic heterocycles. The topological polar surface area (TPSA) is 26.3 Å². The first-order chi connectivity index (χ1) is 75.6. The number of rotatable bonds is 6. The van der Waals surface area contributed by atoms with Gasteiger partial charge in [0, 0.05) is 32.3 Å². The Labute approximate surface area is 671 Å². The molecule has 102 heavy (non-hydrogen) atoms. The molecule has 0 atom stereocenters. The Bertz CT molecular complexity index is 10900. The van der Waals surface area contributed by atoms with Gasteiger partial charge < -0.3 is 8.83 Å². The molecule has 0 N–H and O–H groups in total. The summed E-state index contributed by atoms with van der Waals surface area (Å²) in [4.78, 5) is 0. The van der Waals surface area contributed by atoms with Crippen molar-refractivity contribution in [3.05, 3.63) is 363 Å². The lowest BCUT2D eigenvalue weighted by atomic mass is 9.83. The van der Waals surface area contributed by atoms with E-state index in [9.17, 15) is 32.9 Å². The van der Waals surface area contributed by atoms with Crippen LogP contribution in [0.4, 0.5) is 0 Å². The molecule has 22 rings (SSSR count). The Hall–Kier alpha value is -13.4. The molecule has 0 fully saturated rings. The second-order valence-electron chi connectivity index (χ2n) is 22.5. The third kappa shape index (κ3) is 9.13. The maximum Gasteiger partial charge on any atom is 0.143 e. The van der Waals surface area contributed by atoms with E-state index in [1.807, 2.05) is 0 Å². The van der Waals surface area contributed by atoms with Gasteiger partial charge in [0.05, 0.1) is 82.2 Å².